The van der Waals surface area contributed by atoms with Gasteiger partial charge in [-0.05, 0) is 43.6 Å². The van der Waals surface area contributed by atoms with Gasteiger partial charge in [0.15, 0.2) is 0 Å². The van der Waals surface area contributed by atoms with Crippen LogP contribution in [0.2, 0.25) is 5.02 Å². The second-order valence-corrected chi connectivity index (χ2v) is 8.95. The number of hydrogen-bond acceptors (Lipinski definition) is 12. The summed E-state index contributed by atoms with van der Waals surface area (Å²) in [7, 11) is 0. The van der Waals surface area contributed by atoms with Gasteiger partial charge < -0.3 is 34.5 Å². The molecule has 1 aromatic carbocycles. The minimum atomic E-state index is -3.41. The van der Waals surface area contributed by atoms with Gasteiger partial charge in [-0.15, -0.1) is 0 Å². The number of cyclic esters (lactones) is 4. The predicted octanol–water partition coefficient (Wildman–Crippen LogP) is 0.560. The molecule has 3 fully saturated rings. The summed E-state index contributed by atoms with van der Waals surface area (Å²) in [6.45, 7) is 2.33. The van der Waals surface area contributed by atoms with Crippen molar-refractivity contribution in [3.63, 3.8) is 0 Å². The smallest absolute Gasteiger partial charge is 0.412 e. The molecule has 1 atom stereocenters. The van der Waals surface area contributed by atoms with Gasteiger partial charge in [-0.2, -0.15) is 0 Å². The summed E-state index contributed by atoms with van der Waals surface area (Å²) >= 11 is 6.19. The van der Waals surface area contributed by atoms with E-state index in [4.69, 9.17) is 41.0 Å². The monoisotopic (exact) mass is 512 g/mol. The van der Waals surface area contributed by atoms with E-state index in [1.54, 1.807) is 6.07 Å². The van der Waals surface area contributed by atoms with Crippen molar-refractivity contribution >= 4 is 35.5 Å². The molecule has 0 bridgehead atoms. The lowest BCUT2D eigenvalue weighted by Gasteiger charge is -2.38. The normalized spacial score (nSPS) is 24.5. The maximum Gasteiger partial charge on any atom is 0.536 e. The molecule has 3 N–H and O–H groups in total. The van der Waals surface area contributed by atoms with Gasteiger partial charge >= 0.3 is 35.8 Å². The van der Waals surface area contributed by atoms with E-state index in [0.29, 0.717) is 29.6 Å². The molecule has 3 aliphatic rings. The number of carbonyl (C=O) groups excluding carboxylic acids is 4. The maximum absolute atomic E-state index is 12.4. The van der Waals surface area contributed by atoms with Gasteiger partial charge in [0, 0.05) is 23.7 Å². The number of nitrogens with two attached hydrogens (primary N) is 1. The van der Waals surface area contributed by atoms with Gasteiger partial charge in [0.1, 0.15) is 5.75 Å². The molecule has 3 aliphatic heterocycles. The minimum Gasteiger partial charge on any atom is -0.412 e. The molecule has 3 saturated heterocycles. The molecule has 190 valence electrons. The molecule has 0 spiro atoms. The van der Waals surface area contributed by atoms with Gasteiger partial charge in [-0.25, -0.2) is 0 Å². The lowest BCUT2D eigenvalue weighted by molar-refractivity contribution is -0.491. The molecule has 35 heavy (non-hydrogen) atoms. The van der Waals surface area contributed by atoms with Crippen molar-refractivity contribution in [2.45, 2.75) is 50.6 Å². The summed E-state index contributed by atoms with van der Waals surface area (Å²) in [5, 5.41) is 11.5. The Morgan fingerprint density at radius 1 is 1.00 bits per heavy atom. The average molecular weight is 513 g/mol. The lowest BCUT2D eigenvalue weighted by atomic mass is 10.1. The van der Waals surface area contributed by atoms with E-state index in [1.807, 2.05) is 0 Å². The predicted molar refractivity (Wildman–Crippen MR) is 115 cm³/mol. The topological polar surface area (TPSA) is 164 Å². The van der Waals surface area contributed by atoms with Crippen LogP contribution in [-0.2, 0) is 44.7 Å². The van der Waals surface area contributed by atoms with Gasteiger partial charge in [0.25, 0.3) is 0 Å². The van der Waals surface area contributed by atoms with E-state index in [-0.39, 0.29) is 5.75 Å². The summed E-state index contributed by atoms with van der Waals surface area (Å²) in [4.78, 5) is 51.2. The number of hydrogen-bond donors (Lipinski definition) is 2. The van der Waals surface area contributed by atoms with Crippen LogP contribution in [0.5, 0.6) is 5.75 Å². The molecule has 4 rings (SSSR count). The van der Waals surface area contributed by atoms with Crippen molar-refractivity contribution in [3.8, 4) is 5.75 Å². The van der Waals surface area contributed by atoms with Gasteiger partial charge in [0.05, 0.1) is 25.7 Å². The first-order valence-corrected chi connectivity index (χ1v) is 11.5. The Kier molecular flexibility index (Phi) is 7.17. The quantitative estimate of drug-likeness (QED) is 0.509. The highest BCUT2D eigenvalue weighted by Crippen LogP contribution is 2.40. The molecule has 0 amide bonds. The Bertz CT molecular complexity index is 995. The lowest BCUT2D eigenvalue weighted by Crippen LogP contribution is -2.65. The van der Waals surface area contributed by atoms with Crippen molar-refractivity contribution < 1.29 is 48.0 Å². The third kappa shape index (κ3) is 5.50. The Morgan fingerprint density at radius 2 is 1.57 bits per heavy atom. The fraction of sp³-hybridized carbons (Fsp3) is 0.545. The SMILES string of the molecule is NC[C@H]1CCN(Cc2cc(Cl)ccc2OC2(C3(O)OC(=O)CCC(=O)O3)OC(=O)CCC(=O)O2)C1. The number of benzene rings is 1. The second-order valence-electron chi connectivity index (χ2n) is 8.51. The van der Waals surface area contributed by atoms with Crippen LogP contribution in [0.3, 0.4) is 0 Å². The Balaban J connectivity index is 1.74. The van der Waals surface area contributed by atoms with Crippen LogP contribution in [-0.4, -0.2) is 65.5 Å². The molecule has 3 heterocycles. The fourth-order valence-corrected chi connectivity index (χ4v) is 4.22. The van der Waals surface area contributed by atoms with Crippen LogP contribution in [0.25, 0.3) is 0 Å². The Hall–Kier alpha value is -2.93. The van der Waals surface area contributed by atoms with E-state index < -0.39 is 61.5 Å². The molecule has 0 aromatic heterocycles. The number of likely N-dealkylation sites (tertiary alicyclic amines) is 1. The number of esters is 4. The number of halogens is 1. The highest BCUT2D eigenvalue weighted by molar-refractivity contribution is 6.30. The molecular formula is C22H25ClN2O10. The van der Waals surface area contributed by atoms with Crippen molar-refractivity contribution in [3.05, 3.63) is 28.8 Å². The fourth-order valence-electron chi connectivity index (χ4n) is 4.03. The van der Waals surface area contributed by atoms with Gasteiger partial charge in [0.2, 0.25) is 0 Å². The molecule has 13 heteroatoms. The maximum atomic E-state index is 12.4. The first-order valence-electron chi connectivity index (χ1n) is 11.1. The highest BCUT2D eigenvalue weighted by Gasteiger charge is 2.70. The molecule has 1 aromatic rings. The third-order valence-corrected chi connectivity index (χ3v) is 6.05. The summed E-state index contributed by atoms with van der Waals surface area (Å²) in [5.74, 6) is -10.5. The van der Waals surface area contributed by atoms with E-state index in [1.165, 1.54) is 12.1 Å². The molecule has 0 aliphatic carbocycles. The van der Waals surface area contributed by atoms with E-state index in [0.717, 1.165) is 19.5 Å². The first kappa shape index (κ1) is 25.2. The highest BCUT2D eigenvalue weighted by atomic mass is 35.5. The van der Waals surface area contributed by atoms with Crippen LogP contribution in [0.15, 0.2) is 18.2 Å². The minimum absolute atomic E-state index is 0.0298. The second kappa shape index (κ2) is 9.97. The molecular weight excluding hydrogens is 488 g/mol. The van der Waals surface area contributed by atoms with Crippen LogP contribution in [0.4, 0.5) is 0 Å². The van der Waals surface area contributed by atoms with Crippen LogP contribution < -0.4 is 10.5 Å². The van der Waals surface area contributed by atoms with Gasteiger partial charge in [-0.1, -0.05) is 11.6 Å². The molecule has 0 saturated carbocycles. The summed E-state index contributed by atoms with van der Waals surface area (Å²) in [6, 6.07) is 4.43. The average Bonchev–Trinajstić information content (AvgIpc) is 3.12. The Labute approximate surface area is 205 Å². The summed E-state index contributed by atoms with van der Waals surface area (Å²) in [6.07, 6.45) is -0.781. The number of rotatable bonds is 6. The van der Waals surface area contributed by atoms with Crippen molar-refractivity contribution in [2.24, 2.45) is 11.7 Å². The van der Waals surface area contributed by atoms with E-state index in [9.17, 15) is 24.3 Å². The zero-order chi connectivity index (χ0) is 25.2. The number of aliphatic hydroxyl groups is 1. The van der Waals surface area contributed by atoms with Crippen molar-refractivity contribution in [1.29, 1.82) is 0 Å². The zero-order valence-corrected chi connectivity index (χ0v) is 19.5. The van der Waals surface area contributed by atoms with E-state index in [2.05, 4.69) is 4.90 Å². The third-order valence-electron chi connectivity index (χ3n) is 5.82. The summed E-state index contributed by atoms with van der Waals surface area (Å²) < 4.78 is 26.0. The first-order chi connectivity index (χ1) is 16.6. The number of ether oxygens (including phenoxy) is 5. The molecule has 0 radical (unpaired) electrons. The summed E-state index contributed by atoms with van der Waals surface area (Å²) in [5.41, 5.74) is 6.25. The Morgan fingerprint density at radius 3 is 2.11 bits per heavy atom. The van der Waals surface area contributed by atoms with Crippen LogP contribution in [0.1, 0.15) is 37.7 Å². The zero-order valence-electron chi connectivity index (χ0n) is 18.7. The van der Waals surface area contributed by atoms with Crippen molar-refractivity contribution in [2.75, 3.05) is 19.6 Å². The van der Waals surface area contributed by atoms with Crippen LogP contribution in [0, 0.1) is 5.92 Å². The van der Waals surface area contributed by atoms with Crippen LogP contribution >= 0.6 is 11.6 Å². The molecule has 12 nitrogen and oxygen atoms in total. The largest absolute Gasteiger partial charge is 0.536 e. The molecule has 0 unspecified atom stereocenters. The van der Waals surface area contributed by atoms with Crippen molar-refractivity contribution in [1.82, 2.24) is 4.90 Å². The van der Waals surface area contributed by atoms with Gasteiger partial charge in [-0.3, -0.25) is 24.1 Å². The number of carbonyl (C=O) groups is 4. The standard InChI is InChI=1S/C22H25ClN2O10/c23-15-1-2-16(14(9-15)12-25-8-7-13(10-24)11-25)31-22(34-19(28)5-6-20(29)35-22)21(30)32-17(26)3-4-18(27)33-21/h1-2,9,13,30H,3-8,10-12,24H2/t13-/m1/s1. The number of nitrogens with zero attached hydrogens (tertiary/aromatic N) is 1. The van der Waals surface area contributed by atoms with E-state index >= 15 is 0 Å².